The summed E-state index contributed by atoms with van der Waals surface area (Å²) in [5, 5.41) is 13.6. The molecule has 0 aliphatic carbocycles. The van der Waals surface area contributed by atoms with Gasteiger partial charge in [-0.25, -0.2) is 9.97 Å². The first kappa shape index (κ1) is 26.9. The Kier molecular flexibility index (Phi) is 8.08. The molecule has 0 bridgehead atoms. The number of nitriles is 1. The molecule has 1 amide bonds. The highest BCUT2D eigenvalue weighted by Gasteiger charge is 2.26. The van der Waals surface area contributed by atoms with E-state index in [0.29, 0.717) is 52.6 Å². The normalized spacial score (nSPS) is 15.8. The minimum Gasteiger partial charge on any atom is -0.457 e. The molecule has 2 aromatic heterocycles. The number of fused-ring (bicyclic) bond motifs is 1. The van der Waals surface area contributed by atoms with Crippen molar-refractivity contribution < 1.29 is 14.3 Å². The van der Waals surface area contributed by atoms with Gasteiger partial charge in [-0.2, -0.15) is 5.26 Å². The molecule has 5 rings (SSSR count). The Balaban J connectivity index is 1.40. The van der Waals surface area contributed by atoms with Gasteiger partial charge in [0.05, 0.1) is 16.0 Å². The van der Waals surface area contributed by atoms with Gasteiger partial charge in [-0.3, -0.25) is 9.59 Å². The molecule has 4 aromatic rings. The fraction of sp³-hybridized carbons (Fsp3) is 0.233. The number of nitrogens with zero attached hydrogens (tertiary/aromatic N) is 4. The zero-order valence-electron chi connectivity index (χ0n) is 21.9. The summed E-state index contributed by atoms with van der Waals surface area (Å²) in [6.45, 7) is 2.67. The number of amides is 1. The molecule has 10 heteroatoms. The molecule has 9 nitrogen and oxygen atoms in total. The van der Waals surface area contributed by atoms with Crippen LogP contribution in [0.25, 0.3) is 11.0 Å². The molecule has 0 radical (unpaired) electrons. The van der Waals surface area contributed by atoms with Crippen molar-refractivity contribution in [2.75, 3.05) is 18.4 Å². The molecule has 1 unspecified atom stereocenters. The van der Waals surface area contributed by atoms with E-state index < -0.39 is 0 Å². The van der Waals surface area contributed by atoms with Crippen LogP contribution in [0.3, 0.4) is 0 Å². The monoisotopic (exact) mass is 554 g/mol. The van der Waals surface area contributed by atoms with Crippen molar-refractivity contribution in [1.82, 2.24) is 19.9 Å². The van der Waals surface area contributed by atoms with Crippen molar-refractivity contribution in [3.05, 3.63) is 88.9 Å². The van der Waals surface area contributed by atoms with E-state index in [9.17, 15) is 14.9 Å². The predicted molar refractivity (Wildman–Crippen MR) is 153 cm³/mol. The summed E-state index contributed by atoms with van der Waals surface area (Å²) >= 11 is 6.54. The number of allylic oxidation sites excluding steroid dienone is 1. The van der Waals surface area contributed by atoms with Crippen LogP contribution in [0.5, 0.6) is 11.5 Å². The number of para-hydroxylation sites is 1. The molecule has 40 heavy (non-hydrogen) atoms. The zero-order valence-corrected chi connectivity index (χ0v) is 22.6. The number of hydrogen-bond donors (Lipinski definition) is 2. The molecule has 1 saturated heterocycles. The quantitative estimate of drug-likeness (QED) is 0.166. The topological polar surface area (TPSA) is 124 Å². The molecule has 0 saturated carbocycles. The number of rotatable bonds is 7. The SMILES string of the molecule is C/C=C(\C#N)C(=O)N1CCCCC(Nc2ncnc3[nH]cc(C(=O)c4ccc(Oc5ccccc5)cc4Cl)c23)C1. The smallest absolute Gasteiger partial charge is 0.264 e. The van der Waals surface area contributed by atoms with Gasteiger partial charge in [-0.05, 0) is 50.5 Å². The number of aromatic amines is 1. The van der Waals surface area contributed by atoms with Crippen molar-refractivity contribution in [3.63, 3.8) is 0 Å². The zero-order chi connectivity index (χ0) is 28.1. The van der Waals surface area contributed by atoms with E-state index in [1.165, 1.54) is 12.4 Å². The Bertz CT molecular complexity index is 1630. The van der Waals surface area contributed by atoms with Gasteiger partial charge >= 0.3 is 0 Å². The van der Waals surface area contributed by atoms with Crippen molar-refractivity contribution in [2.24, 2.45) is 0 Å². The van der Waals surface area contributed by atoms with Gasteiger partial charge in [0, 0.05) is 37.0 Å². The van der Waals surface area contributed by atoms with E-state index >= 15 is 0 Å². The molecule has 3 heterocycles. The lowest BCUT2D eigenvalue weighted by Crippen LogP contribution is -2.40. The van der Waals surface area contributed by atoms with Crippen LogP contribution in [0.1, 0.15) is 42.1 Å². The number of ketones is 1. The van der Waals surface area contributed by atoms with Crippen LogP contribution in [0.4, 0.5) is 5.82 Å². The van der Waals surface area contributed by atoms with Crippen molar-refractivity contribution >= 4 is 40.1 Å². The van der Waals surface area contributed by atoms with E-state index in [1.54, 1.807) is 36.2 Å². The Labute approximate surface area is 236 Å². The number of halogens is 1. The lowest BCUT2D eigenvalue weighted by Gasteiger charge is -2.25. The Morgan fingerprint density at radius 1 is 1.15 bits per heavy atom. The maximum atomic E-state index is 13.7. The Morgan fingerprint density at radius 2 is 1.98 bits per heavy atom. The standard InChI is InChI=1S/C30H27ClN6O3/c1-2-19(15-32)30(39)37-13-7-6-8-20(17-37)36-29-26-24(16-33-28(26)34-18-35-29)27(38)23-12-11-22(14-25(23)31)40-21-9-4-3-5-10-21/h2-5,9-12,14,16,18,20H,6-8,13,17H2,1H3,(H2,33,34,35,36)/b19-2+. The van der Waals surface area contributed by atoms with E-state index in [1.807, 2.05) is 36.4 Å². The van der Waals surface area contributed by atoms with Gasteiger partial charge in [-0.1, -0.05) is 35.9 Å². The number of H-pyrrole nitrogens is 1. The second-order valence-corrected chi connectivity index (χ2v) is 9.84. The molecular weight excluding hydrogens is 528 g/mol. The number of carbonyl (C=O) groups is 2. The number of likely N-dealkylation sites (tertiary alicyclic amines) is 1. The van der Waals surface area contributed by atoms with Crippen LogP contribution >= 0.6 is 11.6 Å². The van der Waals surface area contributed by atoms with Gasteiger partial charge in [0.2, 0.25) is 0 Å². The number of carbonyl (C=O) groups excluding carboxylic acids is 2. The summed E-state index contributed by atoms with van der Waals surface area (Å²) in [6.07, 6.45) is 7.10. The Hall–Kier alpha value is -4.68. The average Bonchev–Trinajstić information content (AvgIpc) is 3.27. The summed E-state index contributed by atoms with van der Waals surface area (Å²) in [7, 11) is 0. The number of aromatic nitrogens is 3. The van der Waals surface area contributed by atoms with E-state index in [4.69, 9.17) is 16.3 Å². The first-order valence-electron chi connectivity index (χ1n) is 13.0. The highest BCUT2D eigenvalue weighted by molar-refractivity contribution is 6.35. The number of benzene rings is 2. The van der Waals surface area contributed by atoms with Crippen LogP contribution in [0.15, 0.2) is 72.7 Å². The lowest BCUT2D eigenvalue weighted by molar-refractivity contribution is -0.126. The third-order valence-corrected chi connectivity index (χ3v) is 7.13. The van der Waals surface area contributed by atoms with Crippen LogP contribution in [-0.2, 0) is 4.79 Å². The van der Waals surface area contributed by atoms with Crippen LogP contribution in [0.2, 0.25) is 5.02 Å². The van der Waals surface area contributed by atoms with Gasteiger partial charge in [-0.15, -0.1) is 0 Å². The molecule has 2 N–H and O–H groups in total. The number of anilines is 1. The maximum Gasteiger partial charge on any atom is 0.264 e. The summed E-state index contributed by atoms with van der Waals surface area (Å²) in [4.78, 5) is 40.0. The average molecular weight is 555 g/mol. The number of nitrogens with one attached hydrogen (secondary N) is 2. The van der Waals surface area contributed by atoms with Crippen LogP contribution < -0.4 is 10.1 Å². The number of ether oxygens (including phenoxy) is 1. The molecule has 202 valence electrons. The summed E-state index contributed by atoms with van der Waals surface area (Å²) in [5.41, 5.74) is 1.32. The van der Waals surface area contributed by atoms with E-state index in [2.05, 4.69) is 20.3 Å². The first-order valence-corrected chi connectivity index (χ1v) is 13.4. The number of hydrogen-bond acceptors (Lipinski definition) is 7. The second kappa shape index (κ2) is 12.0. The molecule has 1 atom stereocenters. The molecule has 1 fully saturated rings. The van der Waals surface area contributed by atoms with Crippen molar-refractivity contribution in [1.29, 1.82) is 5.26 Å². The van der Waals surface area contributed by atoms with Gasteiger partial charge in [0.1, 0.15) is 40.9 Å². The summed E-state index contributed by atoms with van der Waals surface area (Å²) in [6, 6.07) is 16.1. The molecule has 0 spiro atoms. The van der Waals surface area contributed by atoms with E-state index in [-0.39, 0.29) is 28.3 Å². The van der Waals surface area contributed by atoms with Crippen LogP contribution in [-0.4, -0.2) is 50.7 Å². The lowest BCUT2D eigenvalue weighted by atomic mass is 10.0. The van der Waals surface area contributed by atoms with Crippen LogP contribution in [0, 0.1) is 11.3 Å². The first-order chi connectivity index (χ1) is 19.5. The van der Waals surface area contributed by atoms with Gasteiger partial charge in [0.15, 0.2) is 5.78 Å². The third kappa shape index (κ3) is 5.67. The highest BCUT2D eigenvalue weighted by atomic mass is 35.5. The highest BCUT2D eigenvalue weighted by Crippen LogP contribution is 2.32. The minimum atomic E-state index is -0.287. The largest absolute Gasteiger partial charge is 0.457 e. The van der Waals surface area contributed by atoms with Crippen molar-refractivity contribution in [2.45, 2.75) is 32.2 Å². The Morgan fingerprint density at radius 3 is 2.73 bits per heavy atom. The summed E-state index contributed by atoms with van der Waals surface area (Å²) in [5.74, 6) is 1.10. The van der Waals surface area contributed by atoms with Gasteiger partial charge < -0.3 is 19.9 Å². The molecular formula is C30H27ClN6O3. The summed E-state index contributed by atoms with van der Waals surface area (Å²) < 4.78 is 5.84. The van der Waals surface area contributed by atoms with E-state index in [0.717, 1.165) is 19.3 Å². The molecule has 2 aromatic carbocycles. The minimum absolute atomic E-state index is 0.126. The third-order valence-electron chi connectivity index (χ3n) is 6.82. The second-order valence-electron chi connectivity index (χ2n) is 9.44. The fourth-order valence-electron chi connectivity index (χ4n) is 4.81. The molecule has 1 aliphatic heterocycles. The maximum absolute atomic E-state index is 13.7. The van der Waals surface area contributed by atoms with Crippen molar-refractivity contribution in [3.8, 4) is 17.6 Å². The van der Waals surface area contributed by atoms with Gasteiger partial charge in [0.25, 0.3) is 5.91 Å². The molecule has 1 aliphatic rings. The fourth-order valence-corrected chi connectivity index (χ4v) is 5.06. The predicted octanol–water partition coefficient (Wildman–Crippen LogP) is 5.90.